The Bertz CT molecular complexity index is 922. The highest BCUT2D eigenvalue weighted by atomic mass is 35.5. The minimum Gasteiger partial charge on any atom is -0.381 e. The number of aromatic amines is 1. The topological polar surface area (TPSA) is 87.8 Å². The van der Waals surface area contributed by atoms with Gasteiger partial charge in [-0.3, -0.25) is 5.10 Å². The van der Waals surface area contributed by atoms with Crippen LogP contribution < -0.4 is 10.6 Å². The first kappa shape index (κ1) is 17.8. The number of H-pyrrole nitrogens is 1. The highest BCUT2D eigenvalue weighted by Gasteiger charge is 2.16. The number of ether oxygens (including phenoxy) is 1. The van der Waals surface area contributed by atoms with Gasteiger partial charge < -0.3 is 15.4 Å². The van der Waals surface area contributed by atoms with Crippen molar-refractivity contribution in [3.8, 4) is 11.4 Å². The molecule has 1 fully saturated rings. The van der Waals surface area contributed by atoms with Gasteiger partial charge in [-0.15, -0.1) is 0 Å². The van der Waals surface area contributed by atoms with E-state index in [1.807, 2.05) is 43.3 Å². The number of halogens is 1. The summed E-state index contributed by atoms with van der Waals surface area (Å²) in [5, 5.41) is 14.5. The second-order valence-corrected chi connectivity index (χ2v) is 7.00. The van der Waals surface area contributed by atoms with Crippen molar-refractivity contribution in [3.05, 3.63) is 47.1 Å². The Balaban J connectivity index is 1.66. The van der Waals surface area contributed by atoms with Crippen molar-refractivity contribution in [2.24, 2.45) is 0 Å². The SMILES string of the molecule is Cc1cc(Nc2cc(NC3CCOCC3)nc(-c3cccc(Cl)c3)n2)n[nH]1. The number of aryl methyl sites for hydroxylation is 1. The molecule has 1 aliphatic rings. The van der Waals surface area contributed by atoms with Crippen molar-refractivity contribution < 1.29 is 4.74 Å². The summed E-state index contributed by atoms with van der Waals surface area (Å²) in [5.41, 5.74) is 1.83. The largest absolute Gasteiger partial charge is 0.381 e. The van der Waals surface area contributed by atoms with Crippen LogP contribution in [0.3, 0.4) is 0 Å². The zero-order chi connectivity index (χ0) is 18.6. The summed E-state index contributed by atoms with van der Waals surface area (Å²) in [6, 6.07) is 11.7. The first-order valence-corrected chi connectivity index (χ1v) is 9.32. The summed E-state index contributed by atoms with van der Waals surface area (Å²) in [4.78, 5) is 9.34. The number of rotatable bonds is 5. The minimum absolute atomic E-state index is 0.335. The van der Waals surface area contributed by atoms with E-state index in [-0.39, 0.29) is 0 Å². The third-order valence-corrected chi connectivity index (χ3v) is 4.58. The summed E-state index contributed by atoms with van der Waals surface area (Å²) >= 11 is 6.15. The standard InChI is InChI=1S/C19H21ClN6O/c1-12-9-18(26-25-12)22-17-11-16(21-15-5-7-27-8-6-15)23-19(24-17)13-3-2-4-14(20)10-13/h2-4,9-11,15H,5-8H2,1H3,(H3,21,22,23,24,25,26). The van der Waals surface area contributed by atoms with Gasteiger partial charge in [-0.25, -0.2) is 9.97 Å². The molecule has 1 aromatic carbocycles. The zero-order valence-electron chi connectivity index (χ0n) is 15.0. The lowest BCUT2D eigenvalue weighted by atomic mass is 10.1. The molecule has 0 saturated carbocycles. The van der Waals surface area contributed by atoms with E-state index in [9.17, 15) is 0 Å². The molecule has 4 rings (SSSR count). The number of nitrogens with one attached hydrogen (secondary N) is 3. The van der Waals surface area contributed by atoms with Crippen molar-refractivity contribution in [1.82, 2.24) is 20.2 Å². The number of nitrogens with zero attached hydrogens (tertiary/aromatic N) is 3. The highest BCUT2D eigenvalue weighted by molar-refractivity contribution is 6.30. The number of aromatic nitrogens is 4. The molecule has 0 bridgehead atoms. The maximum atomic E-state index is 6.15. The molecule has 2 aromatic heterocycles. The average molecular weight is 385 g/mol. The fraction of sp³-hybridized carbons (Fsp3) is 0.316. The Labute approximate surface area is 162 Å². The van der Waals surface area contributed by atoms with Crippen LogP contribution in [0.15, 0.2) is 36.4 Å². The average Bonchev–Trinajstić information content (AvgIpc) is 3.07. The van der Waals surface area contributed by atoms with E-state index in [2.05, 4.69) is 25.8 Å². The van der Waals surface area contributed by atoms with Gasteiger partial charge in [0.2, 0.25) is 0 Å². The van der Waals surface area contributed by atoms with Crippen LogP contribution in [0, 0.1) is 6.92 Å². The molecule has 0 aliphatic carbocycles. The molecule has 0 amide bonds. The van der Waals surface area contributed by atoms with Gasteiger partial charge in [0.15, 0.2) is 11.6 Å². The number of benzene rings is 1. The van der Waals surface area contributed by atoms with Crippen molar-refractivity contribution in [2.45, 2.75) is 25.8 Å². The smallest absolute Gasteiger partial charge is 0.163 e. The molecule has 3 N–H and O–H groups in total. The lowest BCUT2D eigenvalue weighted by Gasteiger charge is -2.24. The quantitative estimate of drug-likeness (QED) is 0.612. The fourth-order valence-electron chi connectivity index (χ4n) is 3.01. The zero-order valence-corrected chi connectivity index (χ0v) is 15.8. The minimum atomic E-state index is 0.335. The summed E-state index contributed by atoms with van der Waals surface area (Å²) < 4.78 is 5.44. The van der Waals surface area contributed by atoms with E-state index < -0.39 is 0 Å². The van der Waals surface area contributed by atoms with Gasteiger partial charge in [0.25, 0.3) is 0 Å². The van der Waals surface area contributed by atoms with E-state index in [4.69, 9.17) is 21.3 Å². The van der Waals surface area contributed by atoms with Crippen LogP contribution >= 0.6 is 11.6 Å². The molecule has 1 saturated heterocycles. The van der Waals surface area contributed by atoms with Gasteiger partial charge >= 0.3 is 0 Å². The third kappa shape index (κ3) is 4.56. The lowest BCUT2D eigenvalue weighted by molar-refractivity contribution is 0.0904. The molecule has 1 aliphatic heterocycles. The maximum absolute atomic E-state index is 6.15. The first-order chi connectivity index (χ1) is 13.2. The van der Waals surface area contributed by atoms with Crippen LogP contribution in [0.2, 0.25) is 5.02 Å². The monoisotopic (exact) mass is 384 g/mol. The molecule has 8 heteroatoms. The molecular weight excluding hydrogens is 364 g/mol. The Morgan fingerprint density at radius 1 is 1.07 bits per heavy atom. The summed E-state index contributed by atoms with van der Waals surface area (Å²) in [6.45, 7) is 3.48. The van der Waals surface area contributed by atoms with E-state index in [1.54, 1.807) is 0 Å². The van der Waals surface area contributed by atoms with E-state index in [1.165, 1.54) is 0 Å². The van der Waals surface area contributed by atoms with Gasteiger partial charge in [-0.2, -0.15) is 5.10 Å². The predicted octanol–water partition coefficient (Wildman–Crippen LogP) is 4.16. The molecular formula is C19H21ClN6O. The Hall–Kier alpha value is -2.64. The van der Waals surface area contributed by atoms with Crippen molar-refractivity contribution in [3.63, 3.8) is 0 Å². The Morgan fingerprint density at radius 2 is 1.89 bits per heavy atom. The van der Waals surface area contributed by atoms with Crippen LogP contribution in [0.1, 0.15) is 18.5 Å². The predicted molar refractivity (Wildman–Crippen MR) is 107 cm³/mol. The molecule has 27 heavy (non-hydrogen) atoms. The second-order valence-electron chi connectivity index (χ2n) is 6.56. The third-order valence-electron chi connectivity index (χ3n) is 4.34. The van der Waals surface area contributed by atoms with Crippen LogP contribution in [0.5, 0.6) is 0 Å². The molecule has 3 heterocycles. The van der Waals surface area contributed by atoms with Gasteiger partial charge in [-0.1, -0.05) is 23.7 Å². The van der Waals surface area contributed by atoms with Crippen molar-refractivity contribution in [1.29, 1.82) is 0 Å². The van der Waals surface area contributed by atoms with Gasteiger partial charge in [0, 0.05) is 47.7 Å². The normalized spacial score (nSPS) is 14.9. The maximum Gasteiger partial charge on any atom is 0.163 e. The van der Waals surface area contributed by atoms with Crippen LogP contribution in [0.25, 0.3) is 11.4 Å². The number of anilines is 3. The summed E-state index contributed by atoms with van der Waals surface area (Å²) in [5.74, 6) is 2.74. The van der Waals surface area contributed by atoms with Gasteiger partial charge in [0.1, 0.15) is 11.6 Å². The molecule has 7 nitrogen and oxygen atoms in total. The second kappa shape index (κ2) is 7.94. The Kier molecular flexibility index (Phi) is 5.22. The number of hydrogen-bond acceptors (Lipinski definition) is 6. The van der Waals surface area contributed by atoms with E-state index in [0.29, 0.717) is 28.5 Å². The van der Waals surface area contributed by atoms with Gasteiger partial charge in [0.05, 0.1) is 0 Å². The van der Waals surface area contributed by atoms with Crippen LogP contribution in [-0.4, -0.2) is 39.4 Å². The summed E-state index contributed by atoms with van der Waals surface area (Å²) in [7, 11) is 0. The van der Waals surface area contributed by atoms with Crippen molar-refractivity contribution >= 4 is 29.1 Å². The molecule has 0 radical (unpaired) electrons. The summed E-state index contributed by atoms with van der Waals surface area (Å²) in [6.07, 6.45) is 1.91. The van der Waals surface area contributed by atoms with Crippen LogP contribution in [0.4, 0.5) is 17.5 Å². The first-order valence-electron chi connectivity index (χ1n) is 8.94. The van der Waals surface area contributed by atoms with E-state index >= 15 is 0 Å². The molecule has 3 aromatic rings. The Morgan fingerprint density at radius 3 is 2.63 bits per heavy atom. The molecule has 0 spiro atoms. The number of hydrogen-bond donors (Lipinski definition) is 3. The lowest BCUT2D eigenvalue weighted by Crippen LogP contribution is -2.28. The highest BCUT2D eigenvalue weighted by Crippen LogP contribution is 2.25. The molecule has 140 valence electrons. The van der Waals surface area contributed by atoms with E-state index in [0.717, 1.165) is 43.1 Å². The van der Waals surface area contributed by atoms with Crippen LogP contribution in [-0.2, 0) is 4.74 Å². The van der Waals surface area contributed by atoms with Gasteiger partial charge in [-0.05, 0) is 31.9 Å². The molecule has 0 unspecified atom stereocenters. The van der Waals surface area contributed by atoms with Crippen molar-refractivity contribution in [2.75, 3.05) is 23.8 Å². The molecule has 0 atom stereocenters. The fourth-order valence-corrected chi connectivity index (χ4v) is 3.20.